The molecule has 0 aliphatic carbocycles. The van der Waals surface area contributed by atoms with Crippen molar-refractivity contribution in [1.29, 1.82) is 0 Å². The zero-order valence-electron chi connectivity index (χ0n) is 13.3. The Morgan fingerprint density at radius 3 is 2.54 bits per heavy atom. The van der Waals surface area contributed by atoms with Gasteiger partial charge in [0.2, 0.25) is 5.03 Å². The Hall–Kier alpha value is -1.14. The Morgan fingerprint density at radius 2 is 1.88 bits per heavy atom. The van der Waals surface area contributed by atoms with Crippen LogP contribution in [0.3, 0.4) is 0 Å². The van der Waals surface area contributed by atoms with Crippen LogP contribution >= 0.6 is 11.6 Å². The predicted molar refractivity (Wildman–Crippen MR) is 95.2 cm³/mol. The number of nitrogens with zero attached hydrogens (tertiary/aromatic N) is 2. The molecule has 1 unspecified atom stereocenters. The maximum Gasteiger partial charge on any atom is 0.246 e. The number of piperidine rings is 1. The average molecular weight is 367 g/mol. The molecular formula is C18H20ClFN2OS. The van der Waals surface area contributed by atoms with Crippen molar-refractivity contribution < 1.29 is 8.94 Å². The van der Waals surface area contributed by atoms with Gasteiger partial charge in [0.15, 0.2) is 0 Å². The topological polar surface area (TPSA) is 39.2 Å². The number of likely N-dealkylation sites (tertiary alicyclic amines) is 1. The summed E-state index contributed by atoms with van der Waals surface area (Å²) >= 11 is 4.78. The van der Waals surface area contributed by atoms with E-state index in [4.69, 9.17) is 11.6 Å². The normalized spacial score (nSPS) is 17.8. The molecule has 128 valence electrons. The van der Waals surface area contributed by atoms with Crippen LogP contribution in [0.4, 0.5) is 4.39 Å². The Morgan fingerprint density at radius 1 is 1.17 bits per heavy atom. The van der Waals surface area contributed by atoms with Crippen molar-refractivity contribution in [1.82, 2.24) is 9.88 Å². The third-order valence-electron chi connectivity index (χ3n) is 4.36. The van der Waals surface area contributed by atoms with E-state index in [0.29, 0.717) is 10.2 Å². The predicted octanol–water partition coefficient (Wildman–Crippen LogP) is 3.69. The Bertz CT molecular complexity index is 662. The lowest BCUT2D eigenvalue weighted by Gasteiger charge is -2.32. The van der Waals surface area contributed by atoms with Crippen molar-refractivity contribution in [3.63, 3.8) is 0 Å². The van der Waals surface area contributed by atoms with Gasteiger partial charge in [-0.3, -0.25) is 0 Å². The molecule has 0 N–H and O–H groups in total. The first-order valence-corrected chi connectivity index (χ1v) is 9.71. The summed E-state index contributed by atoms with van der Waals surface area (Å²) in [6, 6.07) is 11.9. The van der Waals surface area contributed by atoms with Crippen molar-refractivity contribution in [3.05, 3.63) is 59.0 Å². The van der Waals surface area contributed by atoms with Gasteiger partial charge in [-0.05, 0) is 30.2 Å². The molecule has 1 aromatic heterocycles. The largest absolute Gasteiger partial charge is 0.610 e. The van der Waals surface area contributed by atoms with E-state index in [1.54, 1.807) is 18.2 Å². The van der Waals surface area contributed by atoms with E-state index in [9.17, 15) is 8.94 Å². The van der Waals surface area contributed by atoms with Gasteiger partial charge in [0.05, 0.1) is 0 Å². The van der Waals surface area contributed by atoms with E-state index in [2.05, 4.69) is 9.88 Å². The first-order chi connectivity index (χ1) is 11.6. The molecule has 0 amide bonds. The summed E-state index contributed by atoms with van der Waals surface area (Å²) in [4.78, 5) is 6.55. The van der Waals surface area contributed by atoms with Gasteiger partial charge < -0.3 is 9.45 Å². The standard InChI is InChI=1S/C18H20ClFN2OS/c19-17-2-1-3-18(21-17)24(23)16-9-12-22(13-10-16)11-8-14-4-6-15(20)7-5-14/h1-7,16H,8-13H2. The van der Waals surface area contributed by atoms with Crippen LogP contribution in [0.5, 0.6) is 0 Å². The minimum Gasteiger partial charge on any atom is -0.610 e. The van der Waals surface area contributed by atoms with Gasteiger partial charge in [0.1, 0.15) is 16.2 Å². The lowest BCUT2D eigenvalue weighted by Crippen LogP contribution is -2.40. The fourth-order valence-electron chi connectivity index (χ4n) is 2.96. The average Bonchev–Trinajstić information content (AvgIpc) is 2.61. The molecule has 0 radical (unpaired) electrons. The van der Waals surface area contributed by atoms with Gasteiger partial charge in [-0.1, -0.05) is 29.8 Å². The first-order valence-electron chi connectivity index (χ1n) is 8.12. The molecule has 1 fully saturated rings. The summed E-state index contributed by atoms with van der Waals surface area (Å²) < 4.78 is 25.5. The van der Waals surface area contributed by atoms with Crippen LogP contribution in [-0.4, -0.2) is 39.3 Å². The van der Waals surface area contributed by atoms with Gasteiger partial charge in [-0.2, -0.15) is 4.98 Å². The number of aromatic nitrogens is 1. The van der Waals surface area contributed by atoms with E-state index in [1.807, 2.05) is 12.1 Å². The van der Waals surface area contributed by atoms with Crippen LogP contribution in [0.15, 0.2) is 47.5 Å². The molecule has 0 spiro atoms. The van der Waals surface area contributed by atoms with Gasteiger partial charge in [0.25, 0.3) is 0 Å². The van der Waals surface area contributed by atoms with E-state index < -0.39 is 11.2 Å². The fourth-order valence-corrected chi connectivity index (χ4v) is 4.55. The summed E-state index contributed by atoms with van der Waals surface area (Å²) in [7, 11) is 0. The highest BCUT2D eigenvalue weighted by Crippen LogP contribution is 2.24. The third kappa shape index (κ3) is 4.70. The summed E-state index contributed by atoms with van der Waals surface area (Å²) in [5.74, 6) is -0.198. The van der Waals surface area contributed by atoms with Crippen molar-refractivity contribution in [2.24, 2.45) is 0 Å². The Balaban J connectivity index is 1.47. The van der Waals surface area contributed by atoms with Crippen LogP contribution in [0, 0.1) is 5.82 Å². The minimum atomic E-state index is -1.10. The molecule has 2 aromatic rings. The third-order valence-corrected chi connectivity index (χ3v) is 6.29. The SMILES string of the molecule is [O-][S+](c1cccc(Cl)n1)C1CCN(CCc2ccc(F)cc2)CC1. The smallest absolute Gasteiger partial charge is 0.246 e. The molecule has 1 aliphatic rings. The summed E-state index contributed by atoms with van der Waals surface area (Å²) in [6.07, 6.45) is 2.69. The van der Waals surface area contributed by atoms with Crippen LogP contribution in [0.2, 0.25) is 5.15 Å². The molecule has 3 rings (SSSR count). The molecule has 1 atom stereocenters. The first kappa shape index (κ1) is 17.7. The highest BCUT2D eigenvalue weighted by atomic mass is 35.5. The molecule has 6 heteroatoms. The van der Waals surface area contributed by atoms with Gasteiger partial charge >= 0.3 is 0 Å². The second-order valence-electron chi connectivity index (χ2n) is 6.01. The molecule has 3 nitrogen and oxygen atoms in total. The number of hydrogen-bond acceptors (Lipinski definition) is 3. The van der Waals surface area contributed by atoms with Crippen molar-refractivity contribution in [3.8, 4) is 0 Å². The fraction of sp³-hybridized carbons (Fsp3) is 0.389. The molecule has 1 aliphatic heterocycles. The van der Waals surface area contributed by atoms with E-state index in [0.717, 1.165) is 44.5 Å². The lowest BCUT2D eigenvalue weighted by atomic mass is 10.1. The van der Waals surface area contributed by atoms with Gasteiger partial charge in [-0.15, -0.1) is 0 Å². The quantitative estimate of drug-likeness (QED) is 0.598. The number of pyridine rings is 1. The zero-order valence-corrected chi connectivity index (χ0v) is 14.9. The van der Waals surface area contributed by atoms with Crippen LogP contribution < -0.4 is 0 Å². The molecule has 0 saturated carbocycles. The minimum absolute atomic E-state index is 0.137. The second kappa shape index (κ2) is 8.30. The Labute approximate surface area is 150 Å². The molecule has 1 saturated heterocycles. The van der Waals surface area contributed by atoms with Crippen LogP contribution in [0.25, 0.3) is 0 Å². The number of benzene rings is 1. The molecule has 0 bridgehead atoms. The number of halogens is 2. The molecule has 2 heterocycles. The van der Waals surface area contributed by atoms with E-state index >= 15 is 0 Å². The maximum atomic E-state index is 12.9. The molecular weight excluding hydrogens is 347 g/mol. The van der Waals surface area contributed by atoms with E-state index in [1.165, 1.54) is 12.1 Å². The van der Waals surface area contributed by atoms with Crippen LogP contribution in [-0.2, 0) is 17.6 Å². The highest BCUT2D eigenvalue weighted by molar-refractivity contribution is 7.92. The monoisotopic (exact) mass is 366 g/mol. The van der Waals surface area contributed by atoms with Gasteiger partial charge in [0, 0.05) is 49.7 Å². The second-order valence-corrected chi connectivity index (χ2v) is 8.08. The zero-order chi connectivity index (χ0) is 16.9. The molecule has 1 aromatic carbocycles. The molecule has 24 heavy (non-hydrogen) atoms. The van der Waals surface area contributed by atoms with Crippen molar-refractivity contribution in [2.75, 3.05) is 19.6 Å². The van der Waals surface area contributed by atoms with Crippen molar-refractivity contribution in [2.45, 2.75) is 29.5 Å². The summed E-state index contributed by atoms with van der Waals surface area (Å²) in [5.41, 5.74) is 1.14. The highest BCUT2D eigenvalue weighted by Gasteiger charge is 2.30. The van der Waals surface area contributed by atoms with Crippen LogP contribution in [0.1, 0.15) is 18.4 Å². The lowest BCUT2D eigenvalue weighted by molar-refractivity contribution is 0.232. The van der Waals surface area contributed by atoms with Gasteiger partial charge in [-0.25, -0.2) is 4.39 Å². The summed E-state index contributed by atoms with van der Waals surface area (Å²) in [6.45, 7) is 2.80. The Kier molecular flexibility index (Phi) is 6.11. The number of rotatable bonds is 5. The maximum absolute atomic E-state index is 12.9. The summed E-state index contributed by atoms with van der Waals surface area (Å²) in [5, 5.41) is 1.10. The number of hydrogen-bond donors (Lipinski definition) is 0. The van der Waals surface area contributed by atoms with Crippen molar-refractivity contribution >= 4 is 22.8 Å². The van der Waals surface area contributed by atoms with E-state index in [-0.39, 0.29) is 11.1 Å².